The molecule has 0 bridgehead atoms. The number of hydrogen-bond donors (Lipinski definition) is 1. The first-order valence-corrected chi connectivity index (χ1v) is 9.22. The van der Waals surface area contributed by atoms with Gasteiger partial charge >= 0.3 is 5.97 Å². The summed E-state index contributed by atoms with van der Waals surface area (Å²) in [4.78, 5) is 26.3. The molecule has 1 aromatic carbocycles. The fourth-order valence-electron chi connectivity index (χ4n) is 4.13. The number of amides is 1. The third-order valence-corrected chi connectivity index (χ3v) is 5.47. The van der Waals surface area contributed by atoms with Crippen LogP contribution in [0, 0.1) is 5.92 Å². The molecule has 1 aliphatic heterocycles. The Morgan fingerprint density at radius 3 is 2.38 bits per heavy atom. The number of carbonyl (C=O) groups is 2. The number of aromatic carboxylic acids is 1. The zero-order valence-electron chi connectivity index (χ0n) is 14.5. The smallest absolute Gasteiger partial charge is 0.335 e. The van der Waals surface area contributed by atoms with Crippen molar-refractivity contribution in [2.24, 2.45) is 5.92 Å². The highest BCUT2D eigenvalue weighted by molar-refractivity contribution is 5.98. The van der Waals surface area contributed by atoms with Crippen molar-refractivity contribution in [2.45, 2.75) is 57.8 Å². The van der Waals surface area contributed by atoms with E-state index in [0.717, 1.165) is 44.3 Å². The van der Waals surface area contributed by atoms with Gasteiger partial charge in [-0.25, -0.2) is 4.79 Å². The van der Waals surface area contributed by atoms with E-state index in [1.807, 2.05) is 11.0 Å². The normalized spacial score (nSPS) is 22.4. The predicted molar refractivity (Wildman–Crippen MR) is 93.5 cm³/mol. The summed E-state index contributed by atoms with van der Waals surface area (Å²) in [5.74, 6) is -0.0523. The van der Waals surface area contributed by atoms with Gasteiger partial charge in [0.1, 0.15) is 0 Å². The van der Waals surface area contributed by atoms with Gasteiger partial charge in [-0.15, -0.1) is 0 Å². The zero-order chi connectivity index (χ0) is 17.1. The topological polar surface area (TPSA) is 57.6 Å². The third kappa shape index (κ3) is 3.80. The highest BCUT2D eigenvalue weighted by atomic mass is 16.4. The molecule has 1 N–H and O–H groups in total. The third-order valence-electron chi connectivity index (χ3n) is 5.47. The molecular formula is C20H27NO3. The molecule has 4 nitrogen and oxygen atoms in total. The molecule has 0 aromatic heterocycles. The molecule has 2 fully saturated rings. The zero-order valence-corrected chi connectivity index (χ0v) is 14.5. The number of likely N-dealkylation sites (tertiary alicyclic amines) is 1. The summed E-state index contributed by atoms with van der Waals surface area (Å²) in [5, 5.41) is 9.44. The molecule has 24 heavy (non-hydrogen) atoms. The second-order valence-corrected chi connectivity index (χ2v) is 7.48. The Kier molecular flexibility index (Phi) is 5.22. The van der Waals surface area contributed by atoms with Crippen LogP contribution in [0.1, 0.15) is 84.1 Å². The fraction of sp³-hybridized carbons (Fsp3) is 0.600. The maximum absolute atomic E-state index is 12.9. The van der Waals surface area contributed by atoms with E-state index in [1.54, 1.807) is 12.1 Å². The summed E-state index contributed by atoms with van der Waals surface area (Å²) in [6, 6.07) is 5.27. The van der Waals surface area contributed by atoms with E-state index in [1.165, 1.54) is 19.3 Å². The van der Waals surface area contributed by atoms with Crippen LogP contribution in [0.15, 0.2) is 18.2 Å². The molecule has 3 rings (SSSR count). The summed E-state index contributed by atoms with van der Waals surface area (Å²) in [5.41, 5.74) is 1.82. The van der Waals surface area contributed by atoms with Crippen LogP contribution in [0.25, 0.3) is 0 Å². The second-order valence-electron chi connectivity index (χ2n) is 7.48. The minimum Gasteiger partial charge on any atom is -0.478 e. The maximum atomic E-state index is 12.9. The lowest BCUT2D eigenvalue weighted by Crippen LogP contribution is -2.39. The van der Waals surface area contributed by atoms with Crippen LogP contribution in [-0.2, 0) is 0 Å². The largest absolute Gasteiger partial charge is 0.478 e. The SMILES string of the molecule is CC1CCCN(C(=O)c2cc(C(=O)O)cc(C3CCCCC3)c2)C1. The van der Waals surface area contributed by atoms with Crippen LogP contribution in [0.3, 0.4) is 0 Å². The predicted octanol–water partition coefficient (Wildman–Crippen LogP) is 4.30. The molecule has 1 aliphatic carbocycles. The fourth-order valence-corrected chi connectivity index (χ4v) is 4.13. The van der Waals surface area contributed by atoms with Crippen LogP contribution in [0.5, 0.6) is 0 Å². The Morgan fingerprint density at radius 2 is 1.71 bits per heavy atom. The lowest BCUT2D eigenvalue weighted by atomic mass is 9.83. The minimum absolute atomic E-state index is 0.0123. The Bertz CT molecular complexity index is 619. The van der Waals surface area contributed by atoms with Crippen molar-refractivity contribution in [1.29, 1.82) is 0 Å². The van der Waals surface area contributed by atoms with E-state index < -0.39 is 5.97 Å². The molecule has 1 heterocycles. The number of nitrogens with zero attached hydrogens (tertiary/aromatic N) is 1. The van der Waals surface area contributed by atoms with E-state index in [9.17, 15) is 14.7 Å². The first-order valence-electron chi connectivity index (χ1n) is 9.22. The van der Waals surface area contributed by atoms with Gasteiger partial charge < -0.3 is 10.0 Å². The van der Waals surface area contributed by atoms with Crippen molar-refractivity contribution in [3.8, 4) is 0 Å². The number of carboxylic acid groups (broad SMARTS) is 1. The van der Waals surface area contributed by atoms with E-state index in [-0.39, 0.29) is 11.5 Å². The van der Waals surface area contributed by atoms with Crippen molar-refractivity contribution >= 4 is 11.9 Å². The molecular weight excluding hydrogens is 302 g/mol. The summed E-state index contributed by atoms with van der Waals surface area (Å²) in [6.07, 6.45) is 8.01. The van der Waals surface area contributed by atoms with E-state index in [0.29, 0.717) is 17.4 Å². The molecule has 0 spiro atoms. The Hall–Kier alpha value is -1.84. The Labute approximate surface area is 143 Å². The lowest BCUT2D eigenvalue weighted by molar-refractivity contribution is 0.0683. The number of rotatable bonds is 3. The molecule has 4 heteroatoms. The quantitative estimate of drug-likeness (QED) is 0.899. The number of carboxylic acids is 1. The number of benzene rings is 1. The summed E-state index contributed by atoms with van der Waals surface area (Å²) >= 11 is 0. The molecule has 2 aliphatic rings. The van der Waals surface area contributed by atoms with Crippen molar-refractivity contribution in [2.75, 3.05) is 13.1 Å². The maximum Gasteiger partial charge on any atom is 0.335 e. The molecule has 1 saturated heterocycles. The summed E-state index contributed by atoms with van der Waals surface area (Å²) in [6.45, 7) is 3.72. The molecule has 1 unspecified atom stereocenters. The van der Waals surface area contributed by atoms with Gasteiger partial charge in [0.15, 0.2) is 0 Å². The first kappa shape index (κ1) is 17.0. The van der Waals surface area contributed by atoms with Crippen LogP contribution in [0.2, 0.25) is 0 Å². The molecule has 1 saturated carbocycles. The molecule has 1 amide bonds. The van der Waals surface area contributed by atoms with E-state index in [2.05, 4.69) is 6.92 Å². The monoisotopic (exact) mass is 329 g/mol. The van der Waals surface area contributed by atoms with Crippen LogP contribution < -0.4 is 0 Å². The number of carbonyl (C=O) groups excluding carboxylic acids is 1. The van der Waals surface area contributed by atoms with Crippen LogP contribution in [-0.4, -0.2) is 35.0 Å². The highest BCUT2D eigenvalue weighted by Gasteiger charge is 2.25. The van der Waals surface area contributed by atoms with Crippen molar-refractivity contribution < 1.29 is 14.7 Å². The van der Waals surface area contributed by atoms with Gasteiger partial charge in [0.05, 0.1) is 5.56 Å². The second kappa shape index (κ2) is 7.37. The average Bonchev–Trinajstić information content (AvgIpc) is 2.61. The van der Waals surface area contributed by atoms with Crippen molar-refractivity contribution in [3.63, 3.8) is 0 Å². The average molecular weight is 329 g/mol. The summed E-state index contributed by atoms with van der Waals surface area (Å²) in [7, 11) is 0. The molecule has 1 atom stereocenters. The minimum atomic E-state index is -0.950. The Morgan fingerprint density at radius 1 is 1.00 bits per heavy atom. The molecule has 1 aromatic rings. The Balaban J connectivity index is 1.89. The van der Waals surface area contributed by atoms with Gasteiger partial charge in [-0.1, -0.05) is 26.2 Å². The number of hydrogen-bond acceptors (Lipinski definition) is 2. The van der Waals surface area contributed by atoms with Crippen LogP contribution in [0.4, 0.5) is 0 Å². The number of piperidine rings is 1. The van der Waals surface area contributed by atoms with Gasteiger partial charge in [-0.3, -0.25) is 4.79 Å². The molecule has 0 radical (unpaired) electrons. The van der Waals surface area contributed by atoms with Gasteiger partial charge in [0.25, 0.3) is 5.91 Å². The highest BCUT2D eigenvalue weighted by Crippen LogP contribution is 2.34. The van der Waals surface area contributed by atoms with Gasteiger partial charge in [0, 0.05) is 18.7 Å². The summed E-state index contributed by atoms with van der Waals surface area (Å²) < 4.78 is 0. The lowest BCUT2D eigenvalue weighted by Gasteiger charge is -2.31. The molecule has 130 valence electrons. The first-order chi connectivity index (χ1) is 11.5. The van der Waals surface area contributed by atoms with Crippen molar-refractivity contribution in [3.05, 3.63) is 34.9 Å². The van der Waals surface area contributed by atoms with Gasteiger partial charge in [-0.05, 0) is 61.3 Å². The van der Waals surface area contributed by atoms with Gasteiger partial charge in [-0.2, -0.15) is 0 Å². The van der Waals surface area contributed by atoms with Gasteiger partial charge in [0.2, 0.25) is 0 Å². The van der Waals surface area contributed by atoms with Crippen LogP contribution >= 0.6 is 0 Å². The van der Waals surface area contributed by atoms with Crippen molar-refractivity contribution in [1.82, 2.24) is 4.90 Å². The van der Waals surface area contributed by atoms with E-state index in [4.69, 9.17) is 0 Å². The van der Waals surface area contributed by atoms with E-state index >= 15 is 0 Å². The standard InChI is InChI=1S/C20H27NO3/c1-14-6-5-9-21(13-14)19(22)17-10-16(11-18(12-17)20(23)24)15-7-3-2-4-8-15/h10-12,14-15H,2-9,13H2,1H3,(H,23,24).